The molecule has 116 valence electrons. The topological polar surface area (TPSA) is 24.5 Å². The van der Waals surface area contributed by atoms with Crippen LogP contribution >= 0.6 is 0 Å². The number of hydrogen-bond acceptors (Lipinski definition) is 3. The van der Waals surface area contributed by atoms with Crippen molar-refractivity contribution in [3.63, 3.8) is 0 Å². The molecular weight excluding hydrogens is 260 g/mol. The van der Waals surface area contributed by atoms with Crippen molar-refractivity contribution in [2.24, 2.45) is 5.92 Å². The van der Waals surface area contributed by atoms with Gasteiger partial charge in [0.05, 0.1) is 6.61 Å². The van der Waals surface area contributed by atoms with Gasteiger partial charge in [0.2, 0.25) is 0 Å². The highest BCUT2D eigenvalue weighted by atomic mass is 16.5. The smallest absolute Gasteiger partial charge is 0.119 e. The van der Waals surface area contributed by atoms with Gasteiger partial charge in [0.15, 0.2) is 0 Å². The van der Waals surface area contributed by atoms with Crippen molar-refractivity contribution in [2.75, 3.05) is 24.6 Å². The first kappa shape index (κ1) is 14.7. The van der Waals surface area contributed by atoms with Gasteiger partial charge < -0.3 is 15.0 Å². The molecule has 1 saturated carbocycles. The van der Waals surface area contributed by atoms with E-state index in [0.717, 1.165) is 37.8 Å². The van der Waals surface area contributed by atoms with Gasteiger partial charge in [-0.3, -0.25) is 0 Å². The van der Waals surface area contributed by atoms with Crippen LogP contribution in [0.4, 0.5) is 5.69 Å². The van der Waals surface area contributed by atoms with Crippen LogP contribution in [0.3, 0.4) is 0 Å². The Bertz CT molecular complexity index is 441. The fourth-order valence-corrected chi connectivity index (χ4v) is 3.27. The van der Waals surface area contributed by atoms with Crippen molar-refractivity contribution < 1.29 is 4.74 Å². The molecule has 1 aromatic carbocycles. The van der Waals surface area contributed by atoms with Crippen molar-refractivity contribution in [1.29, 1.82) is 0 Å². The molecule has 2 fully saturated rings. The summed E-state index contributed by atoms with van der Waals surface area (Å²) in [4.78, 5) is 2.60. The van der Waals surface area contributed by atoms with E-state index in [2.05, 4.69) is 48.3 Å². The molecule has 2 atom stereocenters. The number of nitrogens with one attached hydrogen (secondary N) is 1. The molecular formula is C18H28N2O. The van der Waals surface area contributed by atoms with Crippen LogP contribution in [-0.2, 0) is 0 Å². The minimum atomic E-state index is 0.613. The van der Waals surface area contributed by atoms with Crippen LogP contribution in [0.2, 0.25) is 0 Å². The number of rotatable bonds is 6. The fraction of sp³-hybridized carbons (Fsp3) is 0.667. The van der Waals surface area contributed by atoms with Gasteiger partial charge in [0, 0.05) is 30.9 Å². The third-order valence-corrected chi connectivity index (χ3v) is 4.75. The lowest BCUT2D eigenvalue weighted by molar-refractivity contribution is 0.317. The molecule has 1 N–H and O–H groups in total. The van der Waals surface area contributed by atoms with Gasteiger partial charge in [0.1, 0.15) is 5.75 Å². The highest BCUT2D eigenvalue weighted by molar-refractivity contribution is 5.51. The fourth-order valence-electron chi connectivity index (χ4n) is 3.27. The van der Waals surface area contributed by atoms with Crippen LogP contribution < -0.4 is 15.0 Å². The van der Waals surface area contributed by atoms with Crippen molar-refractivity contribution in [3.05, 3.63) is 24.3 Å². The molecule has 0 radical (unpaired) electrons. The minimum Gasteiger partial charge on any atom is -0.494 e. The molecule has 1 heterocycles. The molecule has 0 amide bonds. The number of nitrogens with zero attached hydrogens (tertiary/aromatic N) is 1. The third-order valence-electron chi connectivity index (χ3n) is 4.75. The van der Waals surface area contributed by atoms with E-state index in [-0.39, 0.29) is 0 Å². The standard InChI is InChI=1S/C18H28N2O/c1-3-11-21-17-9-7-16(8-10-17)20-13-18(14-5-6-14)19-12-15(20)4-2/h7-10,14-15,18-19H,3-6,11-13H2,1-2H3. The maximum atomic E-state index is 5.69. The highest BCUT2D eigenvalue weighted by Crippen LogP contribution is 2.35. The largest absolute Gasteiger partial charge is 0.494 e. The SMILES string of the molecule is CCCOc1ccc(N2CC(C3CC3)NCC2CC)cc1. The van der Waals surface area contributed by atoms with E-state index < -0.39 is 0 Å². The van der Waals surface area contributed by atoms with Gasteiger partial charge >= 0.3 is 0 Å². The van der Waals surface area contributed by atoms with E-state index in [1.807, 2.05) is 0 Å². The average molecular weight is 288 g/mol. The summed E-state index contributed by atoms with van der Waals surface area (Å²) in [5.74, 6) is 1.90. The molecule has 3 nitrogen and oxygen atoms in total. The number of anilines is 1. The summed E-state index contributed by atoms with van der Waals surface area (Å²) in [6, 6.07) is 9.98. The maximum absolute atomic E-state index is 5.69. The number of piperazine rings is 1. The van der Waals surface area contributed by atoms with Gasteiger partial charge in [-0.15, -0.1) is 0 Å². The Morgan fingerprint density at radius 1 is 1.19 bits per heavy atom. The molecule has 3 heteroatoms. The number of ether oxygens (including phenoxy) is 1. The molecule has 0 bridgehead atoms. The van der Waals surface area contributed by atoms with Crippen LogP contribution in [0.5, 0.6) is 5.75 Å². The van der Waals surface area contributed by atoms with Crippen molar-refractivity contribution in [2.45, 2.75) is 51.6 Å². The molecule has 2 aliphatic rings. The second-order valence-corrected chi connectivity index (χ2v) is 6.41. The second kappa shape index (κ2) is 6.69. The summed E-state index contributed by atoms with van der Waals surface area (Å²) >= 11 is 0. The summed E-state index contributed by atoms with van der Waals surface area (Å²) < 4.78 is 5.69. The van der Waals surface area contributed by atoms with Crippen molar-refractivity contribution in [3.8, 4) is 5.75 Å². The summed E-state index contributed by atoms with van der Waals surface area (Å²) in [6.45, 7) is 7.49. The summed E-state index contributed by atoms with van der Waals surface area (Å²) in [5.41, 5.74) is 1.35. The second-order valence-electron chi connectivity index (χ2n) is 6.41. The molecule has 3 rings (SSSR count). The average Bonchev–Trinajstić information content (AvgIpc) is 3.38. The molecule has 21 heavy (non-hydrogen) atoms. The van der Waals surface area contributed by atoms with Crippen LogP contribution in [0.1, 0.15) is 39.5 Å². The zero-order valence-corrected chi connectivity index (χ0v) is 13.3. The lowest BCUT2D eigenvalue weighted by atomic mass is 10.0. The first-order valence-electron chi connectivity index (χ1n) is 8.54. The Morgan fingerprint density at radius 2 is 1.95 bits per heavy atom. The molecule has 1 saturated heterocycles. The zero-order chi connectivity index (χ0) is 14.7. The molecule has 1 aliphatic carbocycles. The van der Waals surface area contributed by atoms with Gasteiger partial charge in [0.25, 0.3) is 0 Å². The van der Waals surface area contributed by atoms with E-state index in [4.69, 9.17) is 4.74 Å². The summed E-state index contributed by atoms with van der Waals surface area (Å²) in [5, 5.41) is 3.75. The lowest BCUT2D eigenvalue weighted by Gasteiger charge is -2.42. The lowest BCUT2D eigenvalue weighted by Crippen LogP contribution is -2.57. The quantitative estimate of drug-likeness (QED) is 0.868. The van der Waals surface area contributed by atoms with Gasteiger partial charge in [-0.25, -0.2) is 0 Å². The minimum absolute atomic E-state index is 0.613. The van der Waals surface area contributed by atoms with Crippen LogP contribution in [0, 0.1) is 5.92 Å². The predicted molar refractivity (Wildman–Crippen MR) is 88.2 cm³/mol. The highest BCUT2D eigenvalue weighted by Gasteiger charge is 2.36. The first-order valence-corrected chi connectivity index (χ1v) is 8.54. The Kier molecular flexibility index (Phi) is 4.69. The van der Waals surface area contributed by atoms with E-state index in [0.29, 0.717) is 12.1 Å². The molecule has 0 spiro atoms. The maximum Gasteiger partial charge on any atom is 0.119 e. The monoisotopic (exact) mass is 288 g/mol. The van der Waals surface area contributed by atoms with Gasteiger partial charge in [-0.05, 0) is 55.9 Å². The number of hydrogen-bond donors (Lipinski definition) is 1. The van der Waals surface area contributed by atoms with E-state index in [9.17, 15) is 0 Å². The van der Waals surface area contributed by atoms with Crippen LogP contribution in [0.15, 0.2) is 24.3 Å². The van der Waals surface area contributed by atoms with Crippen molar-refractivity contribution in [1.82, 2.24) is 5.32 Å². The normalized spacial score (nSPS) is 25.9. The van der Waals surface area contributed by atoms with Crippen molar-refractivity contribution >= 4 is 5.69 Å². The Labute approximate surface area is 128 Å². The summed E-state index contributed by atoms with van der Waals surface area (Å²) in [6.07, 6.45) is 5.07. The van der Waals surface area contributed by atoms with E-state index in [1.165, 1.54) is 24.9 Å². The van der Waals surface area contributed by atoms with Crippen LogP contribution in [0.25, 0.3) is 0 Å². The third kappa shape index (κ3) is 3.52. The van der Waals surface area contributed by atoms with Gasteiger partial charge in [-0.1, -0.05) is 13.8 Å². The predicted octanol–water partition coefficient (Wildman–Crippen LogP) is 3.44. The molecule has 1 aromatic rings. The Hall–Kier alpha value is -1.22. The first-order chi connectivity index (χ1) is 10.3. The molecule has 2 unspecified atom stereocenters. The van der Waals surface area contributed by atoms with Gasteiger partial charge in [-0.2, -0.15) is 0 Å². The number of benzene rings is 1. The summed E-state index contributed by atoms with van der Waals surface area (Å²) in [7, 11) is 0. The van der Waals surface area contributed by atoms with E-state index >= 15 is 0 Å². The molecule has 1 aliphatic heterocycles. The zero-order valence-electron chi connectivity index (χ0n) is 13.3. The molecule has 0 aromatic heterocycles. The van der Waals surface area contributed by atoms with Crippen LogP contribution in [-0.4, -0.2) is 31.8 Å². The Balaban J connectivity index is 1.69. The Morgan fingerprint density at radius 3 is 2.57 bits per heavy atom. The van der Waals surface area contributed by atoms with E-state index in [1.54, 1.807) is 0 Å².